The number of aliphatic hydroxyl groups is 1. The van der Waals surface area contributed by atoms with Crippen molar-refractivity contribution in [3.8, 4) is 5.75 Å². The largest absolute Gasteiger partial charge is 0.424 e. The number of ketones is 1. The third-order valence-electron chi connectivity index (χ3n) is 2.04. The number of carbonyl (C=O) groups is 2. The van der Waals surface area contributed by atoms with Crippen molar-refractivity contribution in [1.82, 2.24) is 0 Å². The van der Waals surface area contributed by atoms with Crippen LogP contribution in [0.1, 0.15) is 13.8 Å². The van der Waals surface area contributed by atoms with E-state index in [0.717, 1.165) is 13.8 Å². The smallest absolute Gasteiger partial charge is 0.351 e. The molecular formula is C11H12O4. The van der Waals surface area contributed by atoms with Gasteiger partial charge in [-0.1, -0.05) is 18.2 Å². The average Bonchev–Trinajstić information content (AvgIpc) is 2.18. The zero-order valence-corrected chi connectivity index (χ0v) is 8.56. The van der Waals surface area contributed by atoms with Gasteiger partial charge in [0.2, 0.25) is 5.60 Å². The first-order chi connectivity index (χ1) is 6.94. The van der Waals surface area contributed by atoms with Crippen LogP contribution >= 0.6 is 0 Å². The number of Topliss-reactive ketones (excluding diaryl/α,β-unsaturated/α-hetero) is 1. The Morgan fingerprint density at radius 1 is 1.27 bits per heavy atom. The van der Waals surface area contributed by atoms with Gasteiger partial charge in [0.15, 0.2) is 5.78 Å². The van der Waals surface area contributed by atoms with Gasteiger partial charge in [-0.3, -0.25) is 4.79 Å². The van der Waals surface area contributed by atoms with Crippen LogP contribution in [0.4, 0.5) is 0 Å². The lowest BCUT2D eigenvalue weighted by molar-refractivity contribution is -0.159. The van der Waals surface area contributed by atoms with E-state index in [9.17, 15) is 14.7 Å². The van der Waals surface area contributed by atoms with Gasteiger partial charge in [-0.2, -0.15) is 0 Å². The minimum absolute atomic E-state index is 0.295. The third kappa shape index (κ3) is 2.63. The molecule has 0 amide bonds. The van der Waals surface area contributed by atoms with Crippen molar-refractivity contribution in [3.63, 3.8) is 0 Å². The summed E-state index contributed by atoms with van der Waals surface area (Å²) in [5.41, 5.74) is -2.09. The molecule has 0 heterocycles. The van der Waals surface area contributed by atoms with Crippen LogP contribution in [0.15, 0.2) is 30.3 Å². The molecule has 15 heavy (non-hydrogen) atoms. The molecule has 0 saturated carbocycles. The van der Waals surface area contributed by atoms with E-state index < -0.39 is 17.4 Å². The molecule has 0 fully saturated rings. The fraction of sp³-hybridized carbons (Fsp3) is 0.273. The molecule has 1 rings (SSSR count). The number of esters is 1. The van der Waals surface area contributed by atoms with Crippen LogP contribution < -0.4 is 4.74 Å². The molecule has 4 heteroatoms. The van der Waals surface area contributed by atoms with Crippen molar-refractivity contribution in [1.29, 1.82) is 0 Å². The van der Waals surface area contributed by atoms with Gasteiger partial charge in [0.05, 0.1) is 0 Å². The van der Waals surface area contributed by atoms with Gasteiger partial charge in [0.1, 0.15) is 5.75 Å². The van der Waals surface area contributed by atoms with Crippen molar-refractivity contribution in [2.75, 3.05) is 0 Å². The Morgan fingerprint density at radius 2 is 1.80 bits per heavy atom. The fourth-order valence-electron chi connectivity index (χ4n) is 0.839. The van der Waals surface area contributed by atoms with E-state index in [4.69, 9.17) is 4.74 Å². The predicted octanol–water partition coefficient (Wildman–Crippen LogP) is 0.932. The predicted molar refractivity (Wildman–Crippen MR) is 53.4 cm³/mol. The second-order valence-corrected chi connectivity index (χ2v) is 3.33. The maximum Gasteiger partial charge on any atom is 0.351 e. The van der Waals surface area contributed by atoms with Gasteiger partial charge in [-0.15, -0.1) is 0 Å². The Bertz CT molecular complexity index is 367. The molecule has 0 aliphatic rings. The van der Waals surface area contributed by atoms with Crippen molar-refractivity contribution in [2.45, 2.75) is 19.4 Å². The number of hydrogen-bond acceptors (Lipinski definition) is 4. The number of benzene rings is 1. The molecule has 0 spiro atoms. The number of rotatable bonds is 3. The van der Waals surface area contributed by atoms with Crippen LogP contribution in [0.2, 0.25) is 0 Å². The topological polar surface area (TPSA) is 63.6 Å². The summed E-state index contributed by atoms with van der Waals surface area (Å²) >= 11 is 0. The molecule has 0 radical (unpaired) electrons. The summed E-state index contributed by atoms with van der Waals surface area (Å²) in [4.78, 5) is 22.3. The van der Waals surface area contributed by atoms with Crippen LogP contribution in [-0.2, 0) is 9.59 Å². The van der Waals surface area contributed by atoms with Gasteiger partial charge in [0.25, 0.3) is 0 Å². The molecule has 0 aliphatic heterocycles. The minimum atomic E-state index is -2.09. The van der Waals surface area contributed by atoms with Crippen LogP contribution in [0.3, 0.4) is 0 Å². The Morgan fingerprint density at radius 3 is 2.27 bits per heavy atom. The molecule has 4 nitrogen and oxygen atoms in total. The monoisotopic (exact) mass is 208 g/mol. The van der Waals surface area contributed by atoms with E-state index >= 15 is 0 Å². The van der Waals surface area contributed by atoms with Crippen molar-refractivity contribution < 1.29 is 19.4 Å². The Hall–Kier alpha value is -1.68. The molecule has 1 aromatic rings. The highest BCUT2D eigenvalue weighted by Crippen LogP contribution is 2.14. The van der Waals surface area contributed by atoms with Gasteiger partial charge in [-0.05, 0) is 26.0 Å². The number of carbonyl (C=O) groups excluding carboxylic acids is 2. The second-order valence-electron chi connectivity index (χ2n) is 3.33. The fourth-order valence-corrected chi connectivity index (χ4v) is 0.839. The maximum absolute atomic E-state index is 11.4. The zero-order valence-electron chi connectivity index (χ0n) is 8.56. The Balaban J connectivity index is 2.77. The van der Waals surface area contributed by atoms with E-state index in [0.29, 0.717) is 5.75 Å². The lowest BCUT2D eigenvalue weighted by atomic mass is 10.0. The molecule has 1 N–H and O–H groups in total. The first-order valence-electron chi connectivity index (χ1n) is 4.45. The molecule has 1 unspecified atom stereocenters. The van der Waals surface area contributed by atoms with Gasteiger partial charge in [-0.25, -0.2) is 4.79 Å². The highest BCUT2D eigenvalue weighted by atomic mass is 16.6. The SMILES string of the molecule is CC(=O)C(C)(O)C(=O)Oc1ccccc1. The summed E-state index contributed by atoms with van der Waals surface area (Å²) in [5.74, 6) is -1.33. The molecule has 1 aromatic carbocycles. The maximum atomic E-state index is 11.4. The van der Waals surface area contributed by atoms with E-state index in [1.54, 1.807) is 30.3 Å². The minimum Gasteiger partial charge on any atom is -0.424 e. The average molecular weight is 208 g/mol. The number of para-hydroxylation sites is 1. The Kier molecular flexibility index (Phi) is 3.21. The van der Waals surface area contributed by atoms with Crippen LogP contribution in [0, 0.1) is 0 Å². The van der Waals surface area contributed by atoms with E-state index in [1.807, 2.05) is 0 Å². The lowest BCUT2D eigenvalue weighted by Crippen LogP contribution is -2.45. The van der Waals surface area contributed by atoms with Crippen molar-refractivity contribution in [2.24, 2.45) is 0 Å². The Labute approximate surface area is 87.5 Å². The first kappa shape index (κ1) is 11.4. The molecule has 0 bridgehead atoms. The van der Waals surface area contributed by atoms with E-state index in [2.05, 4.69) is 0 Å². The highest BCUT2D eigenvalue weighted by Gasteiger charge is 2.37. The zero-order chi connectivity index (χ0) is 11.5. The summed E-state index contributed by atoms with van der Waals surface area (Å²) in [6.45, 7) is 2.24. The summed E-state index contributed by atoms with van der Waals surface area (Å²) in [6, 6.07) is 8.26. The highest BCUT2D eigenvalue weighted by molar-refractivity contribution is 6.05. The van der Waals surface area contributed by atoms with Crippen molar-refractivity contribution in [3.05, 3.63) is 30.3 Å². The third-order valence-corrected chi connectivity index (χ3v) is 2.04. The standard InChI is InChI=1S/C11H12O4/c1-8(12)11(2,14)10(13)15-9-6-4-3-5-7-9/h3-7,14H,1-2H3. The lowest BCUT2D eigenvalue weighted by Gasteiger charge is -2.17. The van der Waals surface area contributed by atoms with Gasteiger partial charge in [0, 0.05) is 0 Å². The quantitative estimate of drug-likeness (QED) is 0.456. The van der Waals surface area contributed by atoms with Crippen LogP contribution in [0.25, 0.3) is 0 Å². The number of hydrogen-bond donors (Lipinski definition) is 1. The molecule has 0 aromatic heterocycles. The van der Waals surface area contributed by atoms with E-state index in [1.165, 1.54) is 0 Å². The molecular weight excluding hydrogens is 196 g/mol. The van der Waals surface area contributed by atoms with Gasteiger partial charge >= 0.3 is 5.97 Å². The summed E-state index contributed by atoms with van der Waals surface area (Å²) in [5, 5.41) is 9.50. The van der Waals surface area contributed by atoms with Crippen molar-refractivity contribution >= 4 is 11.8 Å². The normalized spacial score (nSPS) is 14.1. The summed E-state index contributed by atoms with van der Waals surface area (Å²) in [6.07, 6.45) is 0. The first-order valence-corrected chi connectivity index (χ1v) is 4.45. The molecule has 0 aliphatic carbocycles. The molecule has 1 atom stereocenters. The number of ether oxygens (including phenoxy) is 1. The molecule has 0 saturated heterocycles. The van der Waals surface area contributed by atoms with Gasteiger partial charge < -0.3 is 9.84 Å². The summed E-state index contributed by atoms with van der Waals surface area (Å²) < 4.78 is 4.83. The molecule has 80 valence electrons. The van der Waals surface area contributed by atoms with Crippen LogP contribution in [-0.4, -0.2) is 22.5 Å². The van der Waals surface area contributed by atoms with E-state index in [-0.39, 0.29) is 0 Å². The summed E-state index contributed by atoms with van der Waals surface area (Å²) in [7, 11) is 0. The van der Waals surface area contributed by atoms with Crippen LogP contribution in [0.5, 0.6) is 5.75 Å². The second kappa shape index (κ2) is 4.23.